The molecule has 4 heteroatoms. The summed E-state index contributed by atoms with van der Waals surface area (Å²) < 4.78 is 13.6. The molecule has 1 aromatic carbocycles. The predicted molar refractivity (Wildman–Crippen MR) is 80.6 cm³/mol. The van der Waals surface area contributed by atoms with Gasteiger partial charge in [0.2, 0.25) is 0 Å². The molecule has 1 aliphatic rings. The molecule has 1 aliphatic heterocycles. The number of thiocarbonyl (C=S) groups is 1. The molecule has 1 unspecified atom stereocenters. The second kappa shape index (κ2) is 6.44. The predicted octanol–water partition coefficient (Wildman–Crippen LogP) is 3.22. The average Bonchev–Trinajstić information content (AvgIpc) is 2.54. The highest BCUT2D eigenvalue weighted by Crippen LogP contribution is 2.20. The van der Waals surface area contributed by atoms with E-state index >= 15 is 0 Å². The van der Waals surface area contributed by atoms with E-state index < -0.39 is 0 Å². The second-order valence-electron chi connectivity index (χ2n) is 5.38. The summed E-state index contributed by atoms with van der Waals surface area (Å²) in [6, 6.07) is 5.44. The van der Waals surface area contributed by atoms with Gasteiger partial charge in [0, 0.05) is 18.2 Å². The highest BCUT2D eigenvalue weighted by atomic mass is 32.1. The van der Waals surface area contributed by atoms with Gasteiger partial charge in [0.25, 0.3) is 0 Å². The van der Waals surface area contributed by atoms with Gasteiger partial charge in [-0.2, -0.15) is 0 Å². The van der Waals surface area contributed by atoms with E-state index in [-0.39, 0.29) is 10.8 Å². The Morgan fingerprint density at radius 1 is 1.37 bits per heavy atom. The fraction of sp³-hybridized carbons (Fsp3) is 0.533. The summed E-state index contributed by atoms with van der Waals surface area (Å²) in [5.74, 6) is -0.261. The van der Waals surface area contributed by atoms with Crippen molar-refractivity contribution in [3.05, 3.63) is 35.1 Å². The number of hydrogen-bond donors (Lipinski definition) is 1. The molecule has 1 saturated heterocycles. The van der Waals surface area contributed by atoms with Crippen LogP contribution in [0.15, 0.2) is 18.2 Å². The van der Waals surface area contributed by atoms with Gasteiger partial charge in [-0.05, 0) is 50.1 Å². The van der Waals surface area contributed by atoms with Crippen molar-refractivity contribution >= 4 is 17.2 Å². The number of likely N-dealkylation sites (tertiary alicyclic amines) is 1. The smallest absolute Gasteiger partial charge is 0.124 e. The Morgan fingerprint density at radius 2 is 2.16 bits per heavy atom. The number of halogens is 1. The van der Waals surface area contributed by atoms with E-state index in [0.29, 0.717) is 11.6 Å². The lowest BCUT2D eigenvalue weighted by molar-refractivity contribution is 0.204. The van der Waals surface area contributed by atoms with Crippen LogP contribution in [0.2, 0.25) is 0 Å². The molecule has 1 atom stereocenters. The molecule has 0 radical (unpaired) electrons. The van der Waals surface area contributed by atoms with Gasteiger partial charge in [0.05, 0.1) is 0 Å². The maximum atomic E-state index is 13.6. The molecule has 2 nitrogen and oxygen atoms in total. The Morgan fingerprint density at radius 3 is 2.89 bits per heavy atom. The first-order valence-corrected chi connectivity index (χ1v) is 7.30. The van der Waals surface area contributed by atoms with E-state index in [1.165, 1.54) is 31.7 Å². The van der Waals surface area contributed by atoms with Crippen LogP contribution in [0.4, 0.5) is 4.39 Å². The van der Waals surface area contributed by atoms with Gasteiger partial charge in [-0.25, -0.2) is 4.39 Å². The summed E-state index contributed by atoms with van der Waals surface area (Å²) in [6.45, 7) is 4.10. The molecule has 0 aliphatic carbocycles. The van der Waals surface area contributed by atoms with Crippen molar-refractivity contribution in [2.45, 2.75) is 45.2 Å². The fourth-order valence-corrected chi connectivity index (χ4v) is 2.81. The molecular weight excluding hydrogens is 259 g/mol. The third-order valence-electron chi connectivity index (χ3n) is 3.82. The standard InChI is InChI=1S/C15H21FN2S/c1-11-5-3-2-4-6-18(11)10-12-7-13(15(17)19)9-14(16)8-12/h7-9,11H,2-6,10H2,1H3,(H2,17,19). The molecule has 0 bridgehead atoms. The maximum absolute atomic E-state index is 13.6. The van der Waals surface area contributed by atoms with E-state index in [0.717, 1.165) is 18.7 Å². The quantitative estimate of drug-likeness (QED) is 0.862. The first-order chi connectivity index (χ1) is 9.06. The molecule has 0 spiro atoms. The van der Waals surface area contributed by atoms with Gasteiger partial charge in [-0.1, -0.05) is 25.1 Å². The first kappa shape index (κ1) is 14.4. The molecule has 2 N–H and O–H groups in total. The van der Waals surface area contributed by atoms with E-state index in [1.54, 1.807) is 6.07 Å². The van der Waals surface area contributed by atoms with Crippen LogP contribution in [0.1, 0.15) is 43.7 Å². The molecule has 0 amide bonds. The number of nitrogens with zero attached hydrogens (tertiary/aromatic N) is 1. The summed E-state index contributed by atoms with van der Waals surface area (Å²) in [7, 11) is 0. The van der Waals surface area contributed by atoms with Crippen LogP contribution in [-0.4, -0.2) is 22.5 Å². The summed E-state index contributed by atoms with van der Waals surface area (Å²) in [6.07, 6.45) is 5.03. The van der Waals surface area contributed by atoms with Gasteiger partial charge >= 0.3 is 0 Å². The van der Waals surface area contributed by atoms with Gasteiger partial charge in [-0.3, -0.25) is 4.90 Å². The zero-order valence-corrected chi connectivity index (χ0v) is 12.2. The third kappa shape index (κ3) is 3.98. The third-order valence-corrected chi connectivity index (χ3v) is 4.05. The van der Waals surface area contributed by atoms with Crippen LogP contribution in [0.25, 0.3) is 0 Å². The van der Waals surface area contributed by atoms with Crippen LogP contribution in [0, 0.1) is 5.82 Å². The highest BCUT2D eigenvalue weighted by Gasteiger charge is 2.17. The number of hydrogen-bond acceptors (Lipinski definition) is 2. The van der Waals surface area contributed by atoms with Crippen molar-refractivity contribution < 1.29 is 4.39 Å². The summed E-state index contributed by atoms with van der Waals surface area (Å²) in [5.41, 5.74) is 7.16. The largest absolute Gasteiger partial charge is 0.389 e. The zero-order chi connectivity index (χ0) is 13.8. The van der Waals surface area contributed by atoms with Gasteiger partial charge in [-0.15, -0.1) is 0 Å². The molecule has 1 aromatic rings. The Labute approximate surface area is 119 Å². The minimum absolute atomic E-state index is 0.254. The molecule has 104 valence electrons. The lowest BCUT2D eigenvalue weighted by Gasteiger charge is -2.27. The number of rotatable bonds is 3. The van der Waals surface area contributed by atoms with Crippen LogP contribution < -0.4 is 5.73 Å². The maximum Gasteiger partial charge on any atom is 0.124 e. The van der Waals surface area contributed by atoms with Gasteiger partial charge in [0.1, 0.15) is 10.8 Å². The lowest BCUT2D eigenvalue weighted by Crippen LogP contribution is -2.32. The Balaban J connectivity index is 2.15. The monoisotopic (exact) mass is 280 g/mol. The molecular formula is C15H21FN2S. The first-order valence-electron chi connectivity index (χ1n) is 6.89. The minimum Gasteiger partial charge on any atom is -0.389 e. The van der Waals surface area contributed by atoms with E-state index in [4.69, 9.17) is 18.0 Å². The Hall–Kier alpha value is -1.00. The van der Waals surface area contributed by atoms with Crippen LogP contribution in [0.3, 0.4) is 0 Å². The Kier molecular flexibility index (Phi) is 4.88. The summed E-state index contributed by atoms with van der Waals surface area (Å²) in [5, 5.41) is 0. The van der Waals surface area contributed by atoms with Crippen molar-refractivity contribution in [1.82, 2.24) is 4.90 Å². The zero-order valence-electron chi connectivity index (χ0n) is 11.4. The molecule has 19 heavy (non-hydrogen) atoms. The number of nitrogens with two attached hydrogens (primary N) is 1. The van der Waals surface area contributed by atoms with E-state index in [2.05, 4.69) is 11.8 Å². The molecule has 1 heterocycles. The normalized spacial score (nSPS) is 21.1. The van der Waals surface area contributed by atoms with Crippen molar-refractivity contribution in [3.8, 4) is 0 Å². The fourth-order valence-electron chi connectivity index (χ4n) is 2.69. The van der Waals surface area contributed by atoms with Crippen LogP contribution in [0.5, 0.6) is 0 Å². The lowest BCUT2D eigenvalue weighted by atomic mass is 10.1. The molecule has 0 aromatic heterocycles. The van der Waals surface area contributed by atoms with Crippen molar-refractivity contribution in [3.63, 3.8) is 0 Å². The SMILES string of the molecule is CC1CCCCCN1Cc1cc(F)cc(C(N)=S)c1. The molecule has 1 fully saturated rings. The molecule has 2 rings (SSSR count). The molecule has 0 saturated carbocycles. The topological polar surface area (TPSA) is 29.3 Å². The van der Waals surface area contributed by atoms with Gasteiger partial charge < -0.3 is 5.73 Å². The average molecular weight is 280 g/mol. The van der Waals surface area contributed by atoms with Gasteiger partial charge in [0.15, 0.2) is 0 Å². The minimum atomic E-state index is -0.261. The van der Waals surface area contributed by atoms with Crippen molar-refractivity contribution in [1.29, 1.82) is 0 Å². The van der Waals surface area contributed by atoms with Crippen LogP contribution >= 0.6 is 12.2 Å². The highest BCUT2D eigenvalue weighted by molar-refractivity contribution is 7.80. The van der Waals surface area contributed by atoms with Crippen LogP contribution in [-0.2, 0) is 6.54 Å². The summed E-state index contributed by atoms with van der Waals surface area (Å²) >= 11 is 4.93. The Bertz CT molecular complexity index is 461. The second-order valence-corrected chi connectivity index (χ2v) is 5.82. The summed E-state index contributed by atoms with van der Waals surface area (Å²) in [4.78, 5) is 2.68. The van der Waals surface area contributed by atoms with Crippen molar-refractivity contribution in [2.24, 2.45) is 5.73 Å². The van der Waals surface area contributed by atoms with E-state index in [9.17, 15) is 4.39 Å². The van der Waals surface area contributed by atoms with E-state index in [1.807, 2.05) is 6.07 Å². The van der Waals surface area contributed by atoms with Crippen molar-refractivity contribution in [2.75, 3.05) is 6.54 Å². The number of benzene rings is 1.